The topological polar surface area (TPSA) is 90.3 Å². The minimum absolute atomic E-state index is 0.218. The summed E-state index contributed by atoms with van der Waals surface area (Å²) >= 11 is 3.66. The number of hydrogen-bond acceptors (Lipinski definition) is 6. The monoisotopic (exact) mass is 559 g/mol. The molecule has 0 fully saturated rings. The van der Waals surface area contributed by atoms with Gasteiger partial charge in [0.15, 0.2) is 11.5 Å². The highest BCUT2D eigenvalue weighted by molar-refractivity contribution is 9.10. The highest BCUT2D eigenvalue weighted by Crippen LogP contribution is 2.44. The summed E-state index contributed by atoms with van der Waals surface area (Å²) in [5, 5.41) is 10.5. The Hall–Kier alpha value is -4.11. The maximum Gasteiger partial charge on any atom is 0.235 e. The fraction of sp³-hybridized carbons (Fsp3) is 0.179. The molecule has 5 rings (SSSR count). The highest BCUT2D eigenvalue weighted by Gasteiger charge is 2.40. The van der Waals surface area contributed by atoms with Crippen molar-refractivity contribution in [1.82, 2.24) is 14.8 Å². The van der Waals surface area contributed by atoms with E-state index in [0.717, 1.165) is 11.1 Å². The van der Waals surface area contributed by atoms with E-state index in [1.807, 2.05) is 73.7 Å². The highest BCUT2D eigenvalue weighted by atomic mass is 79.9. The van der Waals surface area contributed by atoms with Crippen molar-refractivity contribution in [2.45, 2.75) is 19.6 Å². The van der Waals surface area contributed by atoms with Crippen molar-refractivity contribution in [3.8, 4) is 11.5 Å². The van der Waals surface area contributed by atoms with Gasteiger partial charge in [-0.1, -0.05) is 54.6 Å². The number of aryl methyl sites for hydroxylation is 1. The van der Waals surface area contributed by atoms with E-state index in [-0.39, 0.29) is 5.91 Å². The van der Waals surface area contributed by atoms with Crippen LogP contribution >= 0.6 is 15.9 Å². The largest absolute Gasteiger partial charge is 0.493 e. The van der Waals surface area contributed by atoms with Gasteiger partial charge in [-0.3, -0.25) is 4.79 Å². The maximum absolute atomic E-state index is 13.5. The molecule has 0 radical (unpaired) electrons. The molecule has 2 atom stereocenters. The van der Waals surface area contributed by atoms with Gasteiger partial charge in [0, 0.05) is 11.4 Å². The van der Waals surface area contributed by atoms with E-state index in [1.54, 1.807) is 11.8 Å². The van der Waals surface area contributed by atoms with Crippen LogP contribution in [-0.2, 0) is 11.4 Å². The standard InChI is InChI=1S/C28H26BrN5O3/c1-17-9-11-19(12-10-17)15-37-26-22(29)13-20(14-23(26)36-3)25-24(18(2)32-28-30-16-31-34(25)28)27(35)33-21-7-5-4-6-8-21/h4-14,16,24-25H,2,15H2,1,3H3,(H,33,35)(H,30,31,32). The normalized spacial score (nSPS) is 16.5. The predicted molar refractivity (Wildman–Crippen MR) is 146 cm³/mol. The van der Waals surface area contributed by atoms with Gasteiger partial charge in [-0.2, -0.15) is 10.1 Å². The number of nitrogens with one attached hydrogen (secondary N) is 2. The number of fused-ring (bicyclic) bond motifs is 1. The number of methoxy groups -OCH3 is 1. The zero-order chi connectivity index (χ0) is 25.9. The Morgan fingerprint density at radius 3 is 2.65 bits per heavy atom. The molecule has 2 heterocycles. The minimum Gasteiger partial charge on any atom is -0.493 e. The van der Waals surface area contributed by atoms with Crippen molar-refractivity contribution < 1.29 is 14.3 Å². The Morgan fingerprint density at radius 1 is 1.16 bits per heavy atom. The van der Waals surface area contributed by atoms with E-state index in [1.165, 1.54) is 11.9 Å². The van der Waals surface area contributed by atoms with Crippen molar-refractivity contribution in [2.75, 3.05) is 17.7 Å². The SMILES string of the molecule is C=C1Nc2ncnn2C(c2cc(Br)c(OCc3ccc(C)cc3)c(OC)c2)C1C(=O)Nc1ccccc1. The molecule has 8 nitrogen and oxygen atoms in total. The van der Waals surface area contributed by atoms with Gasteiger partial charge in [0.25, 0.3) is 0 Å². The summed E-state index contributed by atoms with van der Waals surface area (Å²) in [5.41, 5.74) is 4.24. The molecule has 1 aliphatic heterocycles. The lowest BCUT2D eigenvalue weighted by Gasteiger charge is -2.34. The van der Waals surface area contributed by atoms with Gasteiger partial charge in [-0.05, 0) is 58.2 Å². The second-order valence-electron chi connectivity index (χ2n) is 8.76. The Kier molecular flexibility index (Phi) is 6.96. The number of rotatable bonds is 7. The number of amides is 1. The van der Waals surface area contributed by atoms with Crippen molar-refractivity contribution in [2.24, 2.45) is 5.92 Å². The van der Waals surface area contributed by atoms with Gasteiger partial charge in [-0.25, -0.2) is 4.68 Å². The fourth-order valence-corrected chi connectivity index (χ4v) is 4.94. The van der Waals surface area contributed by atoms with E-state index in [9.17, 15) is 4.79 Å². The minimum atomic E-state index is -0.676. The van der Waals surface area contributed by atoms with Crippen LogP contribution in [0.5, 0.6) is 11.5 Å². The fourth-order valence-electron chi connectivity index (χ4n) is 4.36. The molecule has 188 valence electrons. The van der Waals surface area contributed by atoms with Crippen molar-refractivity contribution in [1.29, 1.82) is 0 Å². The summed E-state index contributed by atoms with van der Waals surface area (Å²) in [6.07, 6.45) is 1.45. The second-order valence-corrected chi connectivity index (χ2v) is 9.62. The third-order valence-corrected chi connectivity index (χ3v) is 6.81. The van der Waals surface area contributed by atoms with Crippen LogP contribution in [0.1, 0.15) is 22.7 Å². The first-order chi connectivity index (χ1) is 17.9. The number of anilines is 2. The molecule has 2 unspecified atom stereocenters. The molecule has 0 spiro atoms. The molecular formula is C28H26BrN5O3. The van der Waals surface area contributed by atoms with Gasteiger partial charge in [0.2, 0.25) is 11.9 Å². The molecule has 1 aromatic heterocycles. The zero-order valence-corrected chi connectivity index (χ0v) is 22.0. The lowest BCUT2D eigenvalue weighted by Crippen LogP contribution is -2.39. The van der Waals surface area contributed by atoms with Crippen LogP contribution in [0.15, 0.2) is 89.8 Å². The van der Waals surface area contributed by atoms with Gasteiger partial charge in [0.1, 0.15) is 18.9 Å². The number of benzene rings is 3. The summed E-state index contributed by atoms with van der Waals surface area (Å²) in [6.45, 7) is 6.57. The molecule has 0 aliphatic carbocycles. The van der Waals surface area contributed by atoms with E-state index < -0.39 is 12.0 Å². The van der Waals surface area contributed by atoms with Gasteiger partial charge >= 0.3 is 0 Å². The Morgan fingerprint density at radius 2 is 1.92 bits per heavy atom. The summed E-state index contributed by atoms with van der Waals surface area (Å²) < 4.78 is 14.2. The van der Waals surface area contributed by atoms with Gasteiger partial charge < -0.3 is 20.1 Å². The number of carbonyl (C=O) groups excluding carboxylic acids is 1. The molecule has 0 saturated carbocycles. The van der Waals surface area contributed by atoms with Crippen LogP contribution in [0.25, 0.3) is 0 Å². The summed E-state index contributed by atoms with van der Waals surface area (Å²) in [5.74, 6) is 0.719. The van der Waals surface area contributed by atoms with Crippen molar-refractivity contribution >= 4 is 33.5 Å². The quantitative estimate of drug-likeness (QED) is 0.301. The van der Waals surface area contributed by atoms with Crippen LogP contribution in [0.4, 0.5) is 11.6 Å². The smallest absolute Gasteiger partial charge is 0.235 e. The molecule has 1 aliphatic rings. The average Bonchev–Trinajstić information content (AvgIpc) is 3.36. The van der Waals surface area contributed by atoms with E-state index in [4.69, 9.17) is 9.47 Å². The third kappa shape index (κ3) is 5.08. The number of carbonyl (C=O) groups is 1. The van der Waals surface area contributed by atoms with E-state index in [2.05, 4.69) is 43.2 Å². The van der Waals surface area contributed by atoms with Crippen LogP contribution in [0.3, 0.4) is 0 Å². The van der Waals surface area contributed by atoms with Crippen LogP contribution < -0.4 is 20.1 Å². The molecular weight excluding hydrogens is 534 g/mol. The maximum atomic E-state index is 13.5. The van der Waals surface area contributed by atoms with Crippen molar-refractivity contribution in [3.63, 3.8) is 0 Å². The lowest BCUT2D eigenvalue weighted by molar-refractivity contribution is -0.119. The van der Waals surface area contributed by atoms with E-state index in [0.29, 0.717) is 39.9 Å². The number of ether oxygens (including phenoxy) is 2. The first kappa shape index (κ1) is 24.6. The van der Waals surface area contributed by atoms with Gasteiger partial charge in [0.05, 0.1) is 17.6 Å². The van der Waals surface area contributed by atoms with Crippen LogP contribution in [0, 0.1) is 12.8 Å². The summed E-state index contributed by atoms with van der Waals surface area (Å²) in [4.78, 5) is 17.8. The first-order valence-corrected chi connectivity index (χ1v) is 12.5. The summed E-state index contributed by atoms with van der Waals surface area (Å²) in [6, 6.07) is 20.8. The zero-order valence-electron chi connectivity index (χ0n) is 20.4. The lowest BCUT2D eigenvalue weighted by atomic mass is 9.88. The Bertz CT molecular complexity index is 1440. The Balaban J connectivity index is 1.50. The number of halogens is 1. The third-order valence-electron chi connectivity index (χ3n) is 6.22. The van der Waals surface area contributed by atoms with Crippen LogP contribution in [0.2, 0.25) is 0 Å². The molecule has 37 heavy (non-hydrogen) atoms. The Labute approximate surface area is 223 Å². The number of para-hydroxylation sites is 1. The molecule has 3 aromatic carbocycles. The van der Waals surface area contributed by atoms with Gasteiger partial charge in [-0.15, -0.1) is 0 Å². The first-order valence-electron chi connectivity index (χ1n) is 11.7. The number of aromatic nitrogens is 3. The molecule has 2 N–H and O–H groups in total. The second kappa shape index (κ2) is 10.5. The molecule has 0 saturated heterocycles. The van der Waals surface area contributed by atoms with Crippen LogP contribution in [-0.4, -0.2) is 27.8 Å². The van der Waals surface area contributed by atoms with Crippen molar-refractivity contribution in [3.05, 3.63) is 106 Å². The molecule has 1 amide bonds. The van der Waals surface area contributed by atoms with E-state index >= 15 is 0 Å². The predicted octanol–water partition coefficient (Wildman–Crippen LogP) is 5.72. The molecule has 4 aromatic rings. The molecule has 9 heteroatoms. The number of nitrogens with zero attached hydrogens (tertiary/aromatic N) is 3. The average molecular weight is 560 g/mol. The summed E-state index contributed by atoms with van der Waals surface area (Å²) in [7, 11) is 1.59. The number of hydrogen-bond donors (Lipinski definition) is 2. The molecule has 0 bridgehead atoms.